The number of fused-ring (bicyclic) bond motifs is 1. The number of halogens is 1. The van der Waals surface area contributed by atoms with Crippen molar-refractivity contribution in [2.45, 2.75) is 58.3 Å². The van der Waals surface area contributed by atoms with Gasteiger partial charge in [-0.25, -0.2) is 9.18 Å². The normalized spacial score (nSPS) is 25.5. The SMILES string of the molecule is CC(C)C1CCC2CC(c3ccc(C(=O)Oc4ccc(C#N)c(F)c4)cc3)CCC2C1. The Morgan fingerprint density at radius 2 is 1.74 bits per heavy atom. The topological polar surface area (TPSA) is 50.1 Å². The highest BCUT2D eigenvalue weighted by Gasteiger charge is 2.36. The number of hydrogen-bond donors (Lipinski definition) is 0. The molecule has 2 aromatic rings. The summed E-state index contributed by atoms with van der Waals surface area (Å²) in [6.07, 6.45) is 7.91. The van der Waals surface area contributed by atoms with E-state index >= 15 is 0 Å². The molecule has 2 fully saturated rings. The first-order chi connectivity index (χ1) is 14.9. The smallest absolute Gasteiger partial charge is 0.343 e. The molecule has 31 heavy (non-hydrogen) atoms. The van der Waals surface area contributed by atoms with E-state index in [2.05, 4.69) is 13.8 Å². The van der Waals surface area contributed by atoms with Gasteiger partial charge in [-0.05, 0) is 97.9 Å². The molecule has 162 valence electrons. The van der Waals surface area contributed by atoms with Crippen molar-refractivity contribution in [3.05, 3.63) is 65.0 Å². The van der Waals surface area contributed by atoms with Crippen LogP contribution in [0, 0.1) is 40.8 Å². The molecule has 4 heteroatoms. The molecule has 0 spiro atoms. The molecular formula is C27H30FNO2. The zero-order chi connectivity index (χ0) is 22.0. The molecular weight excluding hydrogens is 389 g/mol. The largest absolute Gasteiger partial charge is 0.423 e. The summed E-state index contributed by atoms with van der Waals surface area (Å²) in [5.41, 5.74) is 1.67. The van der Waals surface area contributed by atoms with Crippen molar-refractivity contribution in [1.29, 1.82) is 5.26 Å². The fourth-order valence-corrected chi connectivity index (χ4v) is 5.54. The summed E-state index contributed by atoms with van der Waals surface area (Å²) >= 11 is 0. The molecule has 0 heterocycles. The lowest BCUT2D eigenvalue weighted by atomic mass is 9.62. The summed E-state index contributed by atoms with van der Waals surface area (Å²) < 4.78 is 19.0. The molecule has 0 aliphatic heterocycles. The molecule has 4 rings (SSSR count). The van der Waals surface area contributed by atoms with E-state index in [0.717, 1.165) is 29.7 Å². The van der Waals surface area contributed by atoms with Crippen molar-refractivity contribution in [2.24, 2.45) is 23.7 Å². The van der Waals surface area contributed by atoms with Crippen LogP contribution in [0.2, 0.25) is 0 Å². The molecule has 0 amide bonds. The lowest BCUT2D eigenvalue weighted by Crippen LogP contribution is -2.32. The van der Waals surface area contributed by atoms with Crippen molar-refractivity contribution in [1.82, 2.24) is 0 Å². The van der Waals surface area contributed by atoms with Gasteiger partial charge >= 0.3 is 5.97 Å². The van der Waals surface area contributed by atoms with Crippen LogP contribution in [0.15, 0.2) is 42.5 Å². The zero-order valence-corrected chi connectivity index (χ0v) is 18.3. The third kappa shape index (κ3) is 4.82. The number of benzene rings is 2. The number of esters is 1. The van der Waals surface area contributed by atoms with Crippen LogP contribution in [-0.4, -0.2) is 5.97 Å². The van der Waals surface area contributed by atoms with Crippen LogP contribution in [0.3, 0.4) is 0 Å². The van der Waals surface area contributed by atoms with Crippen molar-refractivity contribution in [3.63, 3.8) is 0 Å². The minimum Gasteiger partial charge on any atom is -0.423 e. The van der Waals surface area contributed by atoms with E-state index in [1.165, 1.54) is 56.2 Å². The van der Waals surface area contributed by atoms with E-state index in [4.69, 9.17) is 10.00 Å². The van der Waals surface area contributed by atoms with Crippen LogP contribution in [0.4, 0.5) is 4.39 Å². The summed E-state index contributed by atoms with van der Waals surface area (Å²) in [4.78, 5) is 12.4. The van der Waals surface area contributed by atoms with E-state index in [0.29, 0.717) is 11.5 Å². The molecule has 0 aromatic heterocycles. The minimum absolute atomic E-state index is 0.0726. The molecule has 2 aliphatic rings. The van der Waals surface area contributed by atoms with Crippen LogP contribution < -0.4 is 4.74 Å². The Morgan fingerprint density at radius 1 is 1.03 bits per heavy atom. The number of carbonyl (C=O) groups excluding carboxylic acids is 1. The van der Waals surface area contributed by atoms with Gasteiger partial charge in [0.2, 0.25) is 0 Å². The van der Waals surface area contributed by atoms with Crippen molar-refractivity contribution >= 4 is 5.97 Å². The lowest BCUT2D eigenvalue weighted by Gasteiger charge is -2.43. The Morgan fingerprint density at radius 3 is 2.42 bits per heavy atom. The molecule has 0 saturated heterocycles. The molecule has 0 bridgehead atoms. The second kappa shape index (κ2) is 9.22. The van der Waals surface area contributed by atoms with Gasteiger partial charge in [0.25, 0.3) is 0 Å². The third-order valence-corrected chi connectivity index (χ3v) is 7.49. The average Bonchev–Trinajstić information content (AvgIpc) is 2.78. The van der Waals surface area contributed by atoms with Crippen LogP contribution >= 0.6 is 0 Å². The zero-order valence-electron chi connectivity index (χ0n) is 18.3. The maximum absolute atomic E-state index is 13.7. The van der Waals surface area contributed by atoms with Crippen molar-refractivity contribution < 1.29 is 13.9 Å². The second-order valence-corrected chi connectivity index (χ2v) is 9.61. The molecule has 2 aromatic carbocycles. The number of hydrogen-bond acceptors (Lipinski definition) is 3. The summed E-state index contributed by atoms with van der Waals surface area (Å²) in [6.45, 7) is 4.72. The average molecular weight is 420 g/mol. The molecule has 0 N–H and O–H groups in total. The van der Waals surface area contributed by atoms with E-state index in [1.54, 1.807) is 18.2 Å². The Balaban J connectivity index is 1.37. The minimum atomic E-state index is -0.693. The van der Waals surface area contributed by atoms with E-state index < -0.39 is 11.8 Å². The fourth-order valence-electron chi connectivity index (χ4n) is 5.54. The van der Waals surface area contributed by atoms with Gasteiger partial charge in [0.15, 0.2) is 0 Å². The quantitative estimate of drug-likeness (QED) is 0.401. The third-order valence-electron chi connectivity index (χ3n) is 7.49. The highest BCUT2D eigenvalue weighted by atomic mass is 19.1. The monoisotopic (exact) mass is 419 g/mol. The number of rotatable bonds is 4. The Labute approximate surface area is 184 Å². The standard InChI is InChI=1S/C27H30FNO2/c1-17(2)20-7-8-23-14-21(9-10-22(23)13-20)18-3-5-19(6-4-18)27(30)31-25-12-11-24(16-29)26(28)15-25/h3-6,11-12,15,17,20-23H,7-10,13-14H2,1-2H3. The highest BCUT2D eigenvalue weighted by Crippen LogP contribution is 2.48. The maximum Gasteiger partial charge on any atom is 0.343 e. The molecule has 2 aliphatic carbocycles. The molecule has 4 atom stereocenters. The molecule has 3 nitrogen and oxygen atoms in total. The van der Waals surface area contributed by atoms with E-state index in [-0.39, 0.29) is 11.3 Å². The van der Waals surface area contributed by atoms with Gasteiger partial charge < -0.3 is 4.74 Å². The van der Waals surface area contributed by atoms with Crippen molar-refractivity contribution in [2.75, 3.05) is 0 Å². The molecule has 4 unspecified atom stereocenters. The Kier molecular flexibility index (Phi) is 6.41. The lowest BCUT2D eigenvalue weighted by molar-refractivity contribution is 0.0734. The van der Waals surface area contributed by atoms with Crippen LogP contribution in [0.1, 0.15) is 79.8 Å². The predicted octanol–water partition coefficient (Wildman–Crippen LogP) is 6.87. The van der Waals surface area contributed by atoms with Gasteiger partial charge in [-0.1, -0.05) is 26.0 Å². The number of carbonyl (C=O) groups is 1. The van der Waals surface area contributed by atoms with Gasteiger partial charge in [-0.3, -0.25) is 0 Å². The number of ether oxygens (including phenoxy) is 1. The second-order valence-electron chi connectivity index (χ2n) is 9.61. The fraction of sp³-hybridized carbons (Fsp3) is 0.481. The van der Waals surface area contributed by atoms with Crippen LogP contribution in [0.25, 0.3) is 0 Å². The van der Waals surface area contributed by atoms with Gasteiger partial charge in [0, 0.05) is 6.07 Å². The van der Waals surface area contributed by atoms with Gasteiger partial charge in [0.1, 0.15) is 17.6 Å². The van der Waals surface area contributed by atoms with Crippen LogP contribution in [0.5, 0.6) is 5.75 Å². The maximum atomic E-state index is 13.7. The van der Waals surface area contributed by atoms with E-state index in [1.807, 2.05) is 12.1 Å². The summed E-state index contributed by atoms with van der Waals surface area (Å²) in [5.74, 6) is 2.87. The number of nitrogens with zero attached hydrogens (tertiary/aromatic N) is 1. The summed E-state index contributed by atoms with van der Waals surface area (Å²) in [5, 5.41) is 8.80. The molecule has 0 radical (unpaired) electrons. The highest BCUT2D eigenvalue weighted by molar-refractivity contribution is 5.91. The first-order valence-electron chi connectivity index (χ1n) is 11.5. The number of nitriles is 1. The first kappa shape index (κ1) is 21.6. The van der Waals surface area contributed by atoms with Gasteiger partial charge in [-0.15, -0.1) is 0 Å². The predicted molar refractivity (Wildman–Crippen MR) is 118 cm³/mol. The van der Waals surface area contributed by atoms with Crippen molar-refractivity contribution in [3.8, 4) is 11.8 Å². The summed E-state index contributed by atoms with van der Waals surface area (Å²) in [7, 11) is 0. The summed E-state index contributed by atoms with van der Waals surface area (Å²) in [6, 6.07) is 13.3. The van der Waals surface area contributed by atoms with Crippen LogP contribution in [-0.2, 0) is 0 Å². The van der Waals surface area contributed by atoms with Gasteiger partial charge in [0.05, 0.1) is 11.1 Å². The van der Waals surface area contributed by atoms with E-state index in [9.17, 15) is 9.18 Å². The van der Waals surface area contributed by atoms with Gasteiger partial charge in [-0.2, -0.15) is 5.26 Å². The first-order valence-corrected chi connectivity index (χ1v) is 11.5. The molecule has 2 saturated carbocycles. The Hall–Kier alpha value is -2.67. The Bertz CT molecular complexity index is 976.